The van der Waals surface area contributed by atoms with Crippen LogP contribution in [0.1, 0.15) is 19.4 Å². The zero-order valence-electron chi connectivity index (χ0n) is 13.7. The van der Waals surface area contributed by atoms with E-state index >= 15 is 0 Å². The predicted molar refractivity (Wildman–Crippen MR) is 80.1 cm³/mol. The second-order valence-corrected chi connectivity index (χ2v) is 6.15. The van der Waals surface area contributed by atoms with Gasteiger partial charge in [-0.1, -0.05) is 12.1 Å². The van der Waals surface area contributed by atoms with Crippen LogP contribution >= 0.6 is 0 Å². The number of hydrogen-bond donors (Lipinski definition) is 1. The molecule has 0 aromatic heterocycles. The number of nitrogens with zero attached hydrogens (tertiary/aromatic N) is 1. The Labute approximate surface area is 142 Å². The van der Waals surface area contributed by atoms with Crippen molar-refractivity contribution in [3.8, 4) is 5.75 Å². The third-order valence-corrected chi connectivity index (χ3v) is 3.97. The second-order valence-electron chi connectivity index (χ2n) is 6.15. The lowest BCUT2D eigenvalue weighted by Crippen LogP contribution is -2.53. The average Bonchev–Trinajstić information content (AvgIpc) is 2.53. The highest BCUT2D eigenvalue weighted by molar-refractivity contribution is 5.88. The van der Waals surface area contributed by atoms with Crippen molar-refractivity contribution in [1.29, 1.82) is 0 Å². The SMILES string of the molecule is CC(C)(C(=O)N1CCOC(C(=O)O)C1)c1ccc(OC(F)(F)F)cc1. The van der Waals surface area contributed by atoms with E-state index in [0.717, 1.165) is 12.1 Å². The smallest absolute Gasteiger partial charge is 0.479 e. The topological polar surface area (TPSA) is 76.1 Å². The van der Waals surface area contributed by atoms with Crippen molar-refractivity contribution in [2.24, 2.45) is 0 Å². The number of rotatable bonds is 4. The molecule has 25 heavy (non-hydrogen) atoms. The molecule has 138 valence electrons. The molecule has 1 saturated heterocycles. The molecular weight excluding hydrogens is 343 g/mol. The first-order valence-corrected chi connectivity index (χ1v) is 7.51. The summed E-state index contributed by atoms with van der Waals surface area (Å²) in [5, 5.41) is 9.01. The maximum absolute atomic E-state index is 12.8. The van der Waals surface area contributed by atoms with E-state index in [2.05, 4.69) is 4.74 Å². The van der Waals surface area contributed by atoms with E-state index in [1.165, 1.54) is 17.0 Å². The summed E-state index contributed by atoms with van der Waals surface area (Å²) in [4.78, 5) is 25.2. The quantitative estimate of drug-likeness (QED) is 0.890. The van der Waals surface area contributed by atoms with Crippen LogP contribution in [0.2, 0.25) is 0 Å². The van der Waals surface area contributed by atoms with Crippen LogP contribution in [0.15, 0.2) is 24.3 Å². The van der Waals surface area contributed by atoms with Gasteiger partial charge < -0.3 is 19.5 Å². The summed E-state index contributed by atoms with van der Waals surface area (Å²) in [6.45, 7) is 3.53. The lowest BCUT2D eigenvalue weighted by atomic mass is 9.83. The molecule has 6 nitrogen and oxygen atoms in total. The summed E-state index contributed by atoms with van der Waals surface area (Å²) in [6, 6.07) is 5.04. The number of morpholine rings is 1. The molecule has 1 amide bonds. The van der Waals surface area contributed by atoms with Gasteiger partial charge in [0.2, 0.25) is 5.91 Å². The number of aliphatic carboxylic acids is 1. The molecule has 0 radical (unpaired) electrons. The molecule has 2 rings (SSSR count). The van der Waals surface area contributed by atoms with E-state index in [9.17, 15) is 22.8 Å². The minimum absolute atomic E-state index is 0.0765. The van der Waals surface area contributed by atoms with E-state index in [-0.39, 0.29) is 31.4 Å². The number of alkyl halides is 3. The Morgan fingerprint density at radius 2 is 1.84 bits per heavy atom. The number of carbonyl (C=O) groups excluding carboxylic acids is 1. The lowest BCUT2D eigenvalue weighted by Gasteiger charge is -2.36. The van der Waals surface area contributed by atoms with Crippen molar-refractivity contribution in [3.63, 3.8) is 0 Å². The number of amides is 1. The van der Waals surface area contributed by atoms with Crippen molar-refractivity contribution in [3.05, 3.63) is 29.8 Å². The minimum atomic E-state index is -4.79. The molecule has 0 saturated carbocycles. The zero-order chi connectivity index (χ0) is 18.8. The Bertz CT molecular complexity index is 642. The average molecular weight is 361 g/mol. The van der Waals surface area contributed by atoms with Gasteiger partial charge in [0.15, 0.2) is 6.10 Å². The summed E-state index contributed by atoms with van der Waals surface area (Å²) < 4.78 is 45.5. The third kappa shape index (κ3) is 4.62. The molecule has 1 heterocycles. The molecule has 1 aliphatic heterocycles. The molecule has 1 aromatic carbocycles. The first-order valence-electron chi connectivity index (χ1n) is 7.51. The van der Waals surface area contributed by atoms with Crippen molar-refractivity contribution >= 4 is 11.9 Å². The number of carboxylic acid groups (broad SMARTS) is 1. The number of ether oxygens (including phenoxy) is 2. The Hall–Kier alpha value is -2.29. The lowest BCUT2D eigenvalue weighted by molar-refractivity contribution is -0.274. The molecule has 0 aliphatic carbocycles. The fourth-order valence-corrected chi connectivity index (χ4v) is 2.58. The van der Waals surface area contributed by atoms with Crippen LogP contribution in [-0.2, 0) is 19.7 Å². The molecular formula is C16H18F3NO5. The van der Waals surface area contributed by atoms with Crippen LogP contribution < -0.4 is 4.74 Å². The fraction of sp³-hybridized carbons (Fsp3) is 0.500. The highest BCUT2D eigenvalue weighted by Gasteiger charge is 2.38. The van der Waals surface area contributed by atoms with E-state index in [0.29, 0.717) is 5.56 Å². The number of hydrogen-bond acceptors (Lipinski definition) is 4. The van der Waals surface area contributed by atoms with Crippen LogP contribution in [0, 0.1) is 0 Å². The van der Waals surface area contributed by atoms with Crippen molar-refractivity contribution in [1.82, 2.24) is 4.90 Å². The van der Waals surface area contributed by atoms with Gasteiger partial charge in [0, 0.05) is 6.54 Å². The molecule has 1 aromatic rings. The minimum Gasteiger partial charge on any atom is -0.479 e. The summed E-state index contributed by atoms with van der Waals surface area (Å²) in [5.74, 6) is -1.85. The van der Waals surface area contributed by atoms with Crippen LogP contribution in [0.4, 0.5) is 13.2 Å². The highest BCUT2D eigenvalue weighted by Crippen LogP contribution is 2.30. The Morgan fingerprint density at radius 3 is 2.36 bits per heavy atom. The van der Waals surface area contributed by atoms with Gasteiger partial charge in [-0.25, -0.2) is 4.79 Å². The Kier molecular flexibility index (Phi) is 5.26. The normalized spacial score (nSPS) is 18.8. The molecule has 0 spiro atoms. The molecule has 9 heteroatoms. The Morgan fingerprint density at radius 1 is 1.24 bits per heavy atom. The third-order valence-electron chi connectivity index (χ3n) is 3.97. The van der Waals surface area contributed by atoms with E-state index in [1.807, 2.05) is 0 Å². The second kappa shape index (κ2) is 6.91. The molecule has 1 fully saturated rings. The van der Waals surface area contributed by atoms with E-state index < -0.39 is 23.9 Å². The highest BCUT2D eigenvalue weighted by atomic mass is 19.4. The molecule has 1 aliphatic rings. The number of halogens is 3. The van der Waals surface area contributed by atoms with Gasteiger partial charge in [-0.2, -0.15) is 0 Å². The van der Waals surface area contributed by atoms with Crippen LogP contribution in [-0.4, -0.2) is 54.0 Å². The molecule has 1 atom stereocenters. The standard InChI is InChI=1S/C16H18F3NO5/c1-15(2,10-3-5-11(6-4-10)25-16(17,18)19)14(23)20-7-8-24-12(9-20)13(21)22/h3-6,12H,7-9H2,1-2H3,(H,21,22). The van der Waals surface area contributed by atoms with Crippen LogP contribution in [0.25, 0.3) is 0 Å². The summed E-state index contributed by atoms with van der Waals surface area (Å²) in [6.07, 6.45) is -5.87. The Balaban J connectivity index is 2.14. The summed E-state index contributed by atoms with van der Waals surface area (Å²) in [5.41, 5.74) is -0.553. The summed E-state index contributed by atoms with van der Waals surface area (Å²) >= 11 is 0. The zero-order valence-corrected chi connectivity index (χ0v) is 13.7. The maximum atomic E-state index is 12.8. The van der Waals surface area contributed by atoms with E-state index in [1.54, 1.807) is 13.8 Å². The van der Waals surface area contributed by atoms with Crippen molar-refractivity contribution in [2.45, 2.75) is 31.7 Å². The van der Waals surface area contributed by atoms with Gasteiger partial charge in [0.1, 0.15) is 5.75 Å². The van der Waals surface area contributed by atoms with Gasteiger partial charge >= 0.3 is 12.3 Å². The molecule has 1 unspecified atom stereocenters. The van der Waals surface area contributed by atoms with Gasteiger partial charge in [-0.05, 0) is 31.5 Å². The van der Waals surface area contributed by atoms with Gasteiger partial charge in [0.25, 0.3) is 0 Å². The first-order chi connectivity index (χ1) is 11.5. The maximum Gasteiger partial charge on any atom is 0.573 e. The molecule has 1 N–H and O–H groups in total. The monoisotopic (exact) mass is 361 g/mol. The number of carbonyl (C=O) groups is 2. The van der Waals surface area contributed by atoms with E-state index in [4.69, 9.17) is 9.84 Å². The molecule has 0 bridgehead atoms. The predicted octanol–water partition coefficient (Wildman–Crippen LogP) is 2.17. The number of benzene rings is 1. The van der Waals surface area contributed by atoms with Gasteiger partial charge in [-0.15, -0.1) is 13.2 Å². The van der Waals surface area contributed by atoms with Crippen molar-refractivity contribution in [2.75, 3.05) is 19.7 Å². The number of carboxylic acids is 1. The first kappa shape index (κ1) is 19.0. The van der Waals surface area contributed by atoms with Crippen LogP contribution in [0.5, 0.6) is 5.75 Å². The van der Waals surface area contributed by atoms with Crippen LogP contribution in [0.3, 0.4) is 0 Å². The van der Waals surface area contributed by atoms with Gasteiger partial charge in [0.05, 0.1) is 18.6 Å². The van der Waals surface area contributed by atoms with Crippen molar-refractivity contribution < 1.29 is 37.3 Å². The largest absolute Gasteiger partial charge is 0.573 e. The fourth-order valence-electron chi connectivity index (χ4n) is 2.58. The summed E-state index contributed by atoms with van der Waals surface area (Å²) in [7, 11) is 0. The van der Waals surface area contributed by atoms with Gasteiger partial charge in [-0.3, -0.25) is 4.79 Å².